The molecule has 3 heteroatoms. The molecule has 1 aromatic rings. The normalized spacial score (nSPS) is 10.3. The zero-order valence-corrected chi connectivity index (χ0v) is 9.21. The van der Waals surface area contributed by atoms with Crippen molar-refractivity contribution >= 4 is 5.97 Å². The molecule has 0 bridgehead atoms. The zero-order chi connectivity index (χ0) is 11.4. The van der Waals surface area contributed by atoms with E-state index >= 15 is 0 Å². The summed E-state index contributed by atoms with van der Waals surface area (Å²) in [6, 6.07) is 3.79. The molecule has 0 heterocycles. The fraction of sp³-hybridized carbons (Fsp3) is 0.417. The SMILES string of the molecule is Cc1cc(CCCN)cc(C(=O)O)c1C. The minimum atomic E-state index is -0.856. The minimum Gasteiger partial charge on any atom is -0.478 e. The van der Waals surface area contributed by atoms with E-state index in [-0.39, 0.29) is 0 Å². The van der Waals surface area contributed by atoms with Crippen LogP contribution in [0.2, 0.25) is 0 Å². The molecule has 0 fully saturated rings. The number of aromatic carboxylic acids is 1. The van der Waals surface area contributed by atoms with Crippen molar-refractivity contribution in [3.63, 3.8) is 0 Å². The Labute approximate surface area is 89.9 Å². The Morgan fingerprint density at radius 2 is 2.07 bits per heavy atom. The summed E-state index contributed by atoms with van der Waals surface area (Å²) in [5, 5.41) is 9.02. The van der Waals surface area contributed by atoms with Crippen LogP contribution >= 0.6 is 0 Å². The zero-order valence-electron chi connectivity index (χ0n) is 9.21. The number of benzene rings is 1. The third-order valence-electron chi connectivity index (χ3n) is 2.63. The molecule has 0 aliphatic heterocycles. The van der Waals surface area contributed by atoms with Gasteiger partial charge in [-0.1, -0.05) is 6.07 Å². The van der Waals surface area contributed by atoms with E-state index in [4.69, 9.17) is 10.8 Å². The van der Waals surface area contributed by atoms with Gasteiger partial charge in [0.05, 0.1) is 5.56 Å². The standard InChI is InChI=1S/C12H17NO2/c1-8-6-10(4-3-5-13)7-11(9(8)2)12(14)15/h6-7H,3-5,13H2,1-2H3,(H,14,15). The average Bonchev–Trinajstić information content (AvgIpc) is 2.19. The first-order chi connectivity index (χ1) is 7.06. The van der Waals surface area contributed by atoms with Crippen molar-refractivity contribution in [2.45, 2.75) is 26.7 Å². The Morgan fingerprint density at radius 1 is 1.40 bits per heavy atom. The molecule has 0 unspecified atom stereocenters. The van der Waals surface area contributed by atoms with Gasteiger partial charge in [0, 0.05) is 0 Å². The van der Waals surface area contributed by atoms with Crippen LogP contribution in [0.25, 0.3) is 0 Å². The largest absolute Gasteiger partial charge is 0.478 e. The molecule has 0 amide bonds. The van der Waals surface area contributed by atoms with Gasteiger partial charge in [-0.2, -0.15) is 0 Å². The Hall–Kier alpha value is -1.35. The summed E-state index contributed by atoms with van der Waals surface area (Å²) < 4.78 is 0. The molecular weight excluding hydrogens is 190 g/mol. The summed E-state index contributed by atoms with van der Waals surface area (Å²) in [6.45, 7) is 4.41. The van der Waals surface area contributed by atoms with Crippen molar-refractivity contribution in [3.05, 3.63) is 34.4 Å². The molecule has 0 saturated heterocycles. The predicted octanol–water partition coefficient (Wildman–Crippen LogP) is 1.89. The molecule has 3 N–H and O–H groups in total. The average molecular weight is 207 g/mol. The lowest BCUT2D eigenvalue weighted by Gasteiger charge is -2.08. The van der Waals surface area contributed by atoms with Crippen LogP contribution in [0.15, 0.2) is 12.1 Å². The Balaban J connectivity index is 3.06. The molecule has 0 saturated carbocycles. The highest BCUT2D eigenvalue weighted by Crippen LogP contribution is 2.17. The molecule has 1 aromatic carbocycles. The van der Waals surface area contributed by atoms with E-state index in [1.807, 2.05) is 19.9 Å². The van der Waals surface area contributed by atoms with E-state index in [0.29, 0.717) is 12.1 Å². The lowest BCUT2D eigenvalue weighted by atomic mass is 9.97. The van der Waals surface area contributed by atoms with E-state index in [2.05, 4.69) is 0 Å². The third kappa shape index (κ3) is 2.80. The second kappa shape index (κ2) is 4.94. The minimum absolute atomic E-state index is 0.405. The summed E-state index contributed by atoms with van der Waals surface area (Å²) in [4.78, 5) is 11.0. The highest BCUT2D eigenvalue weighted by molar-refractivity contribution is 5.90. The third-order valence-corrected chi connectivity index (χ3v) is 2.63. The molecule has 15 heavy (non-hydrogen) atoms. The van der Waals surface area contributed by atoms with Crippen molar-refractivity contribution < 1.29 is 9.90 Å². The molecule has 0 aromatic heterocycles. The monoisotopic (exact) mass is 207 g/mol. The maximum Gasteiger partial charge on any atom is 0.335 e. The van der Waals surface area contributed by atoms with Crippen molar-refractivity contribution in [3.8, 4) is 0 Å². The highest BCUT2D eigenvalue weighted by Gasteiger charge is 2.10. The van der Waals surface area contributed by atoms with Gasteiger partial charge in [0.15, 0.2) is 0 Å². The first kappa shape index (κ1) is 11.7. The van der Waals surface area contributed by atoms with Gasteiger partial charge in [-0.15, -0.1) is 0 Å². The maximum atomic E-state index is 11.0. The summed E-state index contributed by atoms with van der Waals surface area (Å²) in [6.07, 6.45) is 1.74. The van der Waals surface area contributed by atoms with Gasteiger partial charge >= 0.3 is 5.97 Å². The van der Waals surface area contributed by atoms with Crippen LogP contribution in [0.1, 0.15) is 33.5 Å². The number of carbonyl (C=O) groups is 1. The number of carboxylic acid groups (broad SMARTS) is 1. The lowest BCUT2D eigenvalue weighted by Crippen LogP contribution is -2.05. The van der Waals surface area contributed by atoms with Crippen LogP contribution < -0.4 is 5.73 Å². The Morgan fingerprint density at radius 3 is 2.60 bits per heavy atom. The van der Waals surface area contributed by atoms with Crippen molar-refractivity contribution in [2.24, 2.45) is 5.73 Å². The Bertz CT molecular complexity index is 372. The molecule has 0 radical (unpaired) electrons. The van der Waals surface area contributed by atoms with Crippen LogP contribution in [0.4, 0.5) is 0 Å². The molecule has 0 aliphatic rings. The summed E-state index contributed by atoms with van der Waals surface area (Å²) >= 11 is 0. The smallest absolute Gasteiger partial charge is 0.335 e. The van der Waals surface area contributed by atoms with Crippen LogP contribution in [-0.2, 0) is 6.42 Å². The van der Waals surface area contributed by atoms with E-state index in [0.717, 1.165) is 29.5 Å². The lowest BCUT2D eigenvalue weighted by molar-refractivity contribution is 0.0696. The molecule has 0 atom stereocenters. The van der Waals surface area contributed by atoms with Crippen molar-refractivity contribution in [1.82, 2.24) is 0 Å². The predicted molar refractivity (Wildman–Crippen MR) is 60.3 cm³/mol. The van der Waals surface area contributed by atoms with Gasteiger partial charge in [0.2, 0.25) is 0 Å². The molecular formula is C12H17NO2. The highest BCUT2D eigenvalue weighted by atomic mass is 16.4. The summed E-state index contributed by atoms with van der Waals surface area (Å²) in [5.74, 6) is -0.856. The molecule has 0 aliphatic carbocycles. The van der Waals surface area contributed by atoms with Gasteiger partial charge in [-0.25, -0.2) is 4.79 Å². The fourth-order valence-electron chi connectivity index (χ4n) is 1.61. The topological polar surface area (TPSA) is 63.3 Å². The first-order valence-electron chi connectivity index (χ1n) is 5.09. The van der Waals surface area contributed by atoms with Crippen molar-refractivity contribution in [1.29, 1.82) is 0 Å². The second-order valence-electron chi connectivity index (χ2n) is 3.78. The number of carboxylic acids is 1. The van der Waals surface area contributed by atoms with E-state index in [1.165, 1.54) is 0 Å². The van der Waals surface area contributed by atoms with Crippen LogP contribution in [0, 0.1) is 13.8 Å². The summed E-state index contributed by atoms with van der Waals surface area (Å²) in [5.41, 5.74) is 8.76. The van der Waals surface area contributed by atoms with Gasteiger partial charge in [0.25, 0.3) is 0 Å². The van der Waals surface area contributed by atoms with Crippen LogP contribution in [0.5, 0.6) is 0 Å². The number of hydrogen-bond donors (Lipinski definition) is 2. The van der Waals surface area contributed by atoms with Crippen LogP contribution in [0.3, 0.4) is 0 Å². The maximum absolute atomic E-state index is 11.0. The summed E-state index contributed by atoms with van der Waals surface area (Å²) in [7, 11) is 0. The molecule has 3 nitrogen and oxygen atoms in total. The van der Waals surface area contributed by atoms with Gasteiger partial charge in [0.1, 0.15) is 0 Å². The van der Waals surface area contributed by atoms with Crippen LogP contribution in [-0.4, -0.2) is 17.6 Å². The van der Waals surface area contributed by atoms with Gasteiger partial charge < -0.3 is 10.8 Å². The second-order valence-corrected chi connectivity index (χ2v) is 3.78. The van der Waals surface area contributed by atoms with E-state index in [9.17, 15) is 4.79 Å². The quantitative estimate of drug-likeness (QED) is 0.792. The van der Waals surface area contributed by atoms with E-state index < -0.39 is 5.97 Å². The first-order valence-corrected chi connectivity index (χ1v) is 5.09. The molecule has 82 valence electrons. The number of aryl methyl sites for hydroxylation is 2. The van der Waals surface area contributed by atoms with E-state index in [1.54, 1.807) is 6.07 Å². The molecule has 0 spiro atoms. The van der Waals surface area contributed by atoms with Crippen molar-refractivity contribution in [2.75, 3.05) is 6.54 Å². The number of rotatable bonds is 4. The fourth-order valence-corrected chi connectivity index (χ4v) is 1.61. The molecule has 1 rings (SSSR count). The number of nitrogens with two attached hydrogens (primary N) is 1. The van der Waals surface area contributed by atoms with Gasteiger partial charge in [-0.3, -0.25) is 0 Å². The number of hydrogen-bond acceptors (Lipinski definition) is 2. The van der Waals surface area contributed by atoms with Gasteiger partial charge in [-0.05, 0) is 56.0 Å². The Kier molecular flexibility index (Phi) is 3.86.